The van der Waals surface area contributed by atoms with Gasteiger partial charge in [-0.1, -0.05) is 13.8 Å². The molecule has 0 N–H and O–H groups in total. The molecule has 2 rings (SSSR count). The van der Waals surface area contributed by atoms with Crippen LogP contribution < -0.4 is 4.90 Å². The van der Waals surface area contributed by atoms with E-state index in [0.29, 0.717) is 0 Å². The standard InChI is InChI=1S/C12H16N2O2/c1-4-13-8-12(2,3)10-6-5-9(14(15)16)7-11(10)13/h5-7H,4,8H2,1-3H3. The lowest BCUT2D eigenvalue weighted by atomic mass is 9.87. The van der Waals surface area contributed by atoms with Gasteiger partial charge in [0.15, 0.2) is 0 Å². The van der Waals surface area contributed by atoms with Gasteiger partial charge in [0.25, 0.3) is 5.69 Å². The van der Waals surface area contributed by atoms with E-state index >= 15 is 0 Å². The SMILES string of the molecule is CCN1CC(C)(C)c2ccc([N+](=O)[O-])cc21. The van der Waals surface area contributed by atoms with Gasteiger partial charge in [-0.05, 0) is 18.6 Å². The van der Waals surface area contributed by atoms with Crippen LogP contribution in [-0.2, 0) is 5.41 Å². The van der Waals surface area contributed by atoms with E-state index in [2.05, 4.69) is 25.7 Å². The van der Waals surface area contributed by atoms with E-state index in [0.717, 1.165) is 18.8 Å². The lowest BCUT2D eigenvalue weighted by Crippen LogP contribution is -2.28. The third-order valence-electron chi connectivity index (χ3n) is 3.23. The number of benzene rings is 1. The molecule has 0 aliphatic carbocycles. The molecule has 1 heterocycles. The molecule has 4 nitrogen and oxygen atoms in total. The summed E-state index contributed by atoms with van der Waals surface area (Å²) in [6, 6.07) is 5.18. The fourth-order valence-corrected chi connectivity index (χ4v) is 2.40. The van der Waals surface area contributed by atoms with E-state index in [1.807, 2.05) is 6.07 Å². The number of nitro benzene ring substituents is 1. The Bertz CT molecular complexity index is 441. The van der Waals surface area contributed by atoms with Gasteiger partial charge < -0.3 is 4.90 Å². The number of nitro groups is 1. The van der Waals surface area contributed by atoms with Crippen LogP contribution >= 0.6 is 0 Å². The molecule has 86 valence electrons. The molecule has 1 aliphatic heterocycles. The van der Waals surface area contributed by atoms with E-state index in [1.165, 1.54) is 5.56 Å². The highest BCUT2D eigenvalue weighted by atomic mass is 16.6. The number of non-ortho nitro benzene ring substituents is 1. The van der Waals surface area contributed by atoms with E-state index in [4.69, 9.17) is 0 Å². The van der Waals surface area contributed by atoms with Gasteiger partial charge in [-0.3, -0.25) is 10.1 Å². The quantitative estimate of drug-likeness (QED) is 0.568. The molecule has 0 radical (unpaired) electrons. The smallest absolute Gasteiger partial charge is 0.271 e. The van der Waals surface area contributed by atoms with E-state index in [9.17, 15) is 10.1 Å². The Morgan fingerprint density at radius 2 is 2.19 bits per heavy atom. The van der Waals surface area contributed by atoms with Gasteiger partial charge >= 0.3 is 0 Å². The van der Waals surface area contributed by atoms with Crippen molar-refractivity contribution in [3.05, 3.63) is 33.9 Å². The summed E-state index contributed by atoms with van der Waals surface area (Å²) in [4.78, 5) is 12.6. The molecular weight excluding hydrogens is 204 g/mol. The zero-order chi connectivity index (χ0) is 11.9. The first-order chi connectivity index (χ1) is 7.45. The number of hydrogen-bond acceptors (Lipinski definition) is 3. The third-order valence-corrected chi connectivity index (χ3v) is 3.23. The molecule has 0 saturated carbocycles. The summed E-state index contributed by atoms with van der Waals surface area (Å²) in [7, 11) is 0. The highest BCUT2D eigenvalue weighted by molar-refractivity contribution is 5.65. The minimum absolute atomic E-state index is 0.0838. The van der Waals surface area contributed by atoms with Crippen LogP contribution in [0.15, 0.2) is 18.2 Å². The molecule has 0 amide bonds. The summed E-state index contributed by atoms with van der Waals surface area (Å²) in [5.74, 6) is 0. The summed E-state index contributed by atoms with van der Waals surface area (Å²) in [6.45, 7) is 8.24. The second-order valence-electron chi connectivity index (χ2n) is 4.86. The number of anilines is 1. The molecule has 0 bridgehead atoms. The maximum absolute atomic E-state index is 10.7. The minimum Gasteiger partial charge on any atom is -0.370 e. The van der Waals surface area contributed by atoms with Crippen molar-refractivity contribution in [3.63, 3.8) is 0 Å². The molecule has 16 heavy (non-hydrogen) atoms. The summed E-state index contributed by atoms with van der Waals surface area (Å²) < 4.78 is 0. The molecule has 4 heteroatoms. The summed E-state index contributed by atoms with van der Waals surface area (Å²) in [5.41, 5.74) is 2.48. The van der Waals surface area contributed by atoms with Gasteiger partial charge in [0, 0.05) is 36.3 Å². The first-order valence-corrected chi connectivity index (χ1v) is 5.49. The van der Waals surface area contributed by atoms with Crippen molar-refractivity contribution >= 4 is 11.4 Å². The van der Waals surface area contributed by atoms with Crippen LogP contribution in [0.3, 0.4) is 0 Å². The van der Waals surface area contributed by atoms with Crippen LogP contribution in [0, 0.1) is 10.1 Å². The second-order valence-corrected chi connectivity index (χ2v) is 4.86. The van der Waals surface area contributed by atoms with E-state index in [1.54, 1.807) is 12.1 Å². The molecule has 1 aromatic rings. The summed E-state index contributed by atoms with van der Waals surface area (Å²) >= 11 is 0. The van der Waals surface area contributed by atoms with Crippen molar-refractivity contribution in [2.45, 2.75) is 26.2 Å². The van der Waals surface area contributed by atoms with Crippen LogP contribution in [0.4, 0.5) is 11.4 Å². The average molecular weight is 220 g/mol. The fraction of sp³-hybridized carbons (Fsp3) is 0.500. The number of fused-ring (bicyclic) bond motifs is 1. The molecule has 0 aromatic heterocycles. The molecule has 1 aliphatic rings. The number of likely N-dealkylation sites (N-methyl/N-ethyl adjacent to an activating group) is 1. The van der Waals surface area contributed by atoms with Crippen molar-refractivity contribution in [2.75, 3.05) is 18.0 Å². The number of nitrogens with zero attached hydrogens (tertiary/aromatic N) is 2. The van der Waals surface area contributed by atoms with Gasteiger partial charge in [0.2, 0.25) is 0 Å². The van der Waals surface area contributed by atoms with Crippen LogP contribution in [-0.4, -0.2) is 18.0 Å². The maximum Gasteiger partial charge on any atom is 0.271 e. The summed E-state index contributed by atoms with van der Waals surface area (Å²) in [6.07, 6.45) is 0. The Kier molecular flexibility index (Phi) is 2.37. The van der Waals surface area contributed by atoms with Crippen LogP contribution in [0.25, 0.3) is 0 Å². The number of rotatable bonds is 2. The highest BCUT2D eigenvalue weighted by Crippen LogP contribution is 2.41. The van der Waals surface area contributed by atoms with Crippen LogP contribution in [0.5, 0.6) is 0 Å². The lowest BCUT2D eigenvalue weighted by molar-refractivity contribution is -0.384. The lowest BCUT2D eigenvalue weighted by Gasteiger charge is -2.20. The van der Waals surface area contributed by atoms with Crippen molar-refractivity contribution < 1.29 is 4.92 Å². The van der Waals surface area contributed by atoms with Crippen molar-refractivity contribution in [3.8, 4) is 0 Å². The highest BCUT2D eigenvalue weighted by Gasteiger charge is 2.35. The molecule has 0 unspecified atom stereocenters. The van der Waals surface area contributed by atoms with Crippen LogP contribution in [0.1, 0.15) is 26.3 Å². The molecule has 0 fully saturated rings. The molecule has 1 aromatic carbocycles. The van der Waals surface area contributed by atoms with E-state index < -0.39 is 0 Å². The Hall–Kier alpha value is -1.58. The Labute approximate surface area is 95.0 Å². The first kappa shape index (κ1) is 10.9. The van der Waals surface area contributed by atoms with Gasteiger partial charge in [-0.15, -0.1) is 0 Å². The summed E-state index contributed by atoms with van der Waals surface area (Å²) in [5, 5.41) is 10.7. The van der Waals surface area contributed by atoms with Gasteiger partial charge in [0.1, 0.15) is 0 Å². The van der Waals surface area contributed by atoms with Crippen molar-refractivity contribution in [1.29, 1.82) is 0 Å². The van der Waals surface area contributed by atoms with Crippen LogP contribution in [0.2, 0.25) is 0 Å². The monoisotopic (exact) mass is 220 g/mol. The van der Waals surface area contributed by atoms with E-state index in [-0.39, 0.29) is 16.0 Å². The normalized spacial score (nSPS) is 17.3. The minimum atomic E-state index is -0.334. The molecular formula is C12H16N2O2. The van der Waals surface area contributed by atoms with Gasteiger partial charge in [0.05, 0.1) is 4.92 Å². The fourth-order valence-electron chi connectivity index (χ4n) is 2.40. The Balaban J connectivity index is 2.53. The first-order valence-electron chi connectivity index (χ1n) is 5.49. The molecule has 0 atom stereocenters. The second kappa shape index (κ2) is 3.47. The average Bonchev–Trinajstić information content (AvgIpc) is 2.50. The van der Waals surface area contributed by atoms with Gasteiger partial charge in [-0.25, -0.2) is 0 Å². The Morgan fingerprint density at radius 3 is 2.75 bits per heavy atom. The maximum atomic E-state index is 10.7. The topological polar surface area (TPSA) is 46.4 Å². The van der Waals surface area contributed by atoms with Crippen molar-refractivity contribution in [1.82, 2.24) is 0 Å². The van der Waals surface area contributed by atoms with Crippen molar-refractivity contribution in [2.24, 2.45) is 0 Å². The molecule has 0 saturated heterocycles. The predicted octanol–water partition coefficient (Wildman–Crippen LogP) is 2.71. The predicted molar refractivity (Wildman–Crippen MR) is 64.0 cm³/mol. The zero-order valence-electron chi connectivity index (χ0n) is 9.86. The van der Waals surface area contributed by atoms with Gasteiger partial charge in [-0.2, -0.15) is 0 Å². The zero-order valence-corrected chi connectivity index (χ0v) is 9.86. The Morgan fingerprint density at radius 1 is 1.50 bits per heavy atom. The molecule has 0 spiro atoms. The third kappa shape index (κ3) is 1.54. The number of hydrogen-bond donors (Lipinski definition) is 0. The largest absolute Gasteiger partial charge is 0.370 e.